The molecule has 0 spiro atoms. The maximum atomic E-state index is 13.5. The third-order valence-electron chi connectivity index (χ3n) is 7.99. The van der Waals surface area contributed by atoms with E-state index in [4.69, 9.17) is 15.2 Å². The van der Waals surface area contributed by atoms with E-state index in [1.807, 2.05) is 11.0 Å². The van der Waals surface area contributed by atoms with Gasteiger partial charge in [-0.25, -0.2) is 9.78 Å². The number of rotatable bonds is 12. The first-order chi connectivity index (χ1) is 20.8. The van der Waals surface area contributed by atoms with Crippen LogP contribution in [-0.4, -0.2) is 103 Å². The molecule has 0 saturated carbocycles. The molecule has 43 heavy (non-hydrogen) atoms. The highest BCUT2D eigenvalue weighted by Crippen LogP contribution is 2.37. The number of benzene rings is 1. The predicted molar refractivity (Wildman–Crippen MR) is 156 cm³/mol. The van der Waals surface area contributed by atoms with Gasteiger partial charge in [-0.1, -0.05) is 12.1 Å². The minimum Gasteiger partial charge on any atom is -0.624 e. The van der Waals surface area contributed by atoms with Crippen LogP contribution in [0.1, 0.15) is 35.2 Å². The summed E-state index contributed by atoms with van der Waals surface area (Å²) in [6.07, 6.45) is 2.13. The van der Waals surface area contributed by atoms with Gasteiger partial charge in [0, 0.05) is 51.1 Å². The molecule has 2 aromatic rings. The maximum absolute atomic E-state index is 13.5. The fraction of sp³-hybridized carbons (Fsp3) is 0.483. The molecule has 3 aliphatic heterocycles. The molecule has 1 aromatic carbocycles. The van der Waals surface area contributed by atoms with Gasteiger partial charge in [0.25, 0.3) is 5.91 Å². The highest BCUT2D eigenvalue weighted by Gasteiger charge is 2.50. The van der Waals surface area contributed by atoms with Crippen LogP contribution in [0.2, 0.25) is 0 Å². The van der Waals surface area contributed by atoms with Gasteiger partial charge in [-0.15, -0.1) is 0 Å². The summed E-state index contributed by atoms with van der Waals surface area (Å²) in [5.41, 5.74) is 8.00. The fourth-order valence-electron chi connectivity index (χ4n) is 5.67. The van der Waals surface area contributed by atoms with Crippen molar-refractivity contribution in [1.82, 2.24) is 15.2 Å². The van der Waals surface area contributed by atoms with E-state index in [2.05, 4.69) is 20.5 Å². The fourth-order valence-corrected chi connectivity index (χ4v) is 5.67. The number of anilines is 3. The van der Waals surface area contributed by atoms with Crippen molar-refractivity contribution in [2.45, 2.75) is 31.8 Å². The number of nitrogens with zero attached hydrogens (tertiary/aromatic N) is 4. The van der Waals surface area contributed by atoms with Crippen LogP contribution < -0.4 is 21.3 Å². The lowest BCUT2D eigenvalue weighted by molar-refractivity contribution is -0.825. The van der Waals surface area contributed by atoms with Crippen molar-refractivity contribution in [2.24, 2.45) is 0 Å². The number of nitrogens with two attached hydrogens (primary N) is 1. The average molecular weight is 596 g/mol. The topological polar surface area (TPSA) is 179 Å². The third-order valence-corrected chi connectivity index (χ3v) is 7.99. The average Bonchev–Trinajstić information content (AvgIpc) is 3.27. The molecular weight excluding hydrogens is 558 g/mol. The Morgan fingerprint density at radius 2 is 1.84 bits per heavy atom. The first-order valence-electron chi connectivity index (χ1n) is 14.5. The molecule has 0 radical (unpaired) electrons. The number of hydrogen-bond acceptors (Lipinski definition) is 11. The summed E-state index contributed by atoms with van der Waals surface area (Å²) in [7, 11) is 0. The minimum absolute atomic E-state index is 0.0340. The number of nitrogens with one attached hydrogen (secondary N) is 2. The summed E-state index contributed by atoms with van der Waals surface area (Å²) in [6.45, 7) is 4.30. The molecule has 1 aromatic heterocycles. The number of hydrogen-bond donors (Lipinski definition) is 3. The molecule has 0 aliphatic carbocycles. The lowest BCUT2D eigenvalue weighted by atomic mass is 10.0. The Bertz CT molecular complexity index is 1350. The number of carbonyl (C=O) groups is 4. The second kappa shape index (κ2) is 13.5. The number of pyridine rings is 1. The second-order valence-electron chi connectivity index (χ2n) is 10.8. The molecule has 2 atom stereocenters. The van der Waals surface area contributed by atoms with E-state index >= 15 is 0 Å². The molecule has 2 unspecified atom stereocenters. The first-order valence-corrected chi connectivity index (χ1v) is 14.5. The lowest BCUT2D eigenvalue weighted by Gasteiger charge is -2.42. The standard InChI is InChI=1S/C29H37N7O7/c30-24-6-4-21(18-32-24)34-10-12-35(13-11-34)26(38)8-14-42-16-17-43-15-9-31-22-3-1-2-20-19-36(41,29(40)27(20)22)23-5-7-25(37)33-28(23)39/h1-4,6,18,23,31H,5,7-17,19H2,(H2,30,32)(H,33,37,39). The van der Waals surface area contributed by atoms with Crippen molar-refractivity contribution in [1.29, 1.82) is 0 Å². The number of quaternary nitrogens is 1. The Labute approximate surface area is 249 Å². The van der Waals surface area contributed by atoms with Crippen LogP contribution >= 0.6 is 0 Å². The number of carbonyl (C=O) groups excluding carboxylic acids is 4. The van der Waals surface area contributed by atoms with E-state index in [1.165, 1.54) is 0 Å². The van der Waals surface area contributed by atoms with Gasteiger partial charge < -0.3 is 35.5 Å². The van der Waals surface area contributed by atoms with Crippen LogP contribution in [0.25, 0.3) is 0 Å². The van der Waals surface area contributed by atoms with E-state index in [0.29, 0.717) is 69.6 Å². The third kappa shape index (κ3) is 6.94. The zero-order valence-electron chi connectivity index (χ0n) is 24.0. The molecule has 4 heterocycles. The summed E-state index contributed by atoms with van der Waals surface area (Å²) in [5, 5.41) is 18.9. The van der Waals surface area contributed by atoms with Gasteiger partial charge in [0.15, 0.2) is 6.04 Å². The van der Waals surface area contributed by atoms with Crippen LogP contribution in [0.5, 0.6) is 0 Å². The number of fused-ring (bicyclic) bond motifs is 1. The molecule has 3 aliphatic rings. The molecule has 5 rings (SSSR count). The highest BCUT2D eigenvalue weighted by molar-refractivity contribution is 6.03. The summed E-state index contributed by atoms with van der Waals surface area (Å²) in [4.78, 5) is 57.7. The van der Waals surface area contributed by atoms with Crippen LogP contribution in [-0.2, 0) is 30.4 Å². The van der Waals surface area contributed by atoms with Crippen molar-refractivity contribution in [3.05, 3.63) is 52.9 Å². The summed E-state index contributed by atoms with van der Waals surface area (Å²) >= 11 is 0. The van der Waals surface area contributed by atoms with Gasteiger partial charge in [-0.05, 0) is 18.2 Å². The number of piperidine rings is 1. The zero-order chi connectivity index (χ0) is 30.4. The zero-order valence-corrected chi connectivity index (χ0v) is 24.0. The quantitative estimate of drug-likeness (QED) is 0.136. The Morgan fingerprint density at radius 3 is 2.56 bits per heavy atom. The second-order valence-corrected chi connectivity index (χ2v) is 10.8. The molecule has 4 N–H and O–H groups in total. The van der Waals surface area contributed by atoms with Gasteiger partial charge in [-0.2, -0.15) is 0 Å². The predicted octanol–water partition coefficient (Wildman–Crippen LogP) is 0.621. The molecule has 14 nitrogen and oxygen atoms in total. The van der Waals surface area contributed by atoms with E-state index in [1.54, 1.807) is 30.5 Å². The van der Waals surface area contributed by atoms with Crippen molar-refractivity contribution in [3.8, 4) is 0 Å². The molecule has 230 valence electrons. The molecule has 0 bridgehead atoms. The largest absolute Gasteiger partial charge is 0.624 e. The molecular formula is C29H37N7O7. The Balaban J connectivity index is 0.961. The summed E-state index contributed by atoms with van der Waals surface area (Å²) in [6, 6.07) is 7.73. The van der Waals surface area contributed by atoms with E-state index in [-0.39, 0.29) is 30.9 Å². The SMILES string of the molecule is Nc1ccc(N2CCN(C(=O)CCOCCOCCNc3cccc4c3C(=O)[N+]([O-])(C3CCC(=O)NC3=O)C4)CC2)cn1. The monoisotopic (exact) mass is 595 g/mol. The van der Waals surface area contributed by atoms with Crippen molar-refractivity contribution in [2.75, 3.05) is 75.1 Å². The summed E-state index contributed by atoms with van der Waals surface area (Å²) < 4.78 is 9.86. The van der Waals surface area contributed by atoms with Crippen molar-refractivity contribution < 1.29 is 33.3 Å². The first kappa shape index (κ1) is 30.4. The van der Waals surface area contributed by atoms with Crippen LogP contribution in [0.4, 0.5) is 17.2 Å². The number of amides is 4. The summed E-state index contributed by atoms with van der Waals surface area (Å²) in [5.74, 6) is -1.28. The number of ether oxygens (including phenoxy) is 2. The normalized spacial score (nSPS) is 22.0. The Morgan fingerprint density at radius 1 is 1.07 bits per heavy atom. The van der Waals surface area contributed by atoms with Gasteiger partial charge in [0.05, 0.1) is 50.4 Å². The van der Waals surface area contributed by atoms with Gasteiger partial charge in [0.2, 0.25) is 11.8 Å². The number of hydroxylamine groups is 3. The van der Waals surface area contributed by atoms with Crippen LogP contribution in [0.3, 0.4) is 0 Å². The number of nitrogen functional groups attached to an aromatic ring is 1. The van der Waals surface area contributed by atoms with E-state index in [0.717, 1.165) is 18.8 Å². The number of aromatic nitrogens is 1. The molecule has 2 fully saturated rings. The Hall–Kier alpha value is -4.11. The van der Waals surface area contributed by atoms with Crippen LogP contribution in [0.15, 0.2) is 36.5 Å². The van der Waals surface area contributed by atoms with Crippen molar-refractivity contribution >= 4 is 40.8 Å². The van der Waals surface area contributed by atoms with Gasteiger partial charge in [0.1, 0.15) is 17.9 Å². The van der Waals surface area contributed by atoms with Crippen molar-refractivity contribution in [3.63, 3.8) is 0 Å². The van der Waals surface area contributed by atoms with Crippen LogP contribution in [0, 0.1) is 5.21 Å². The minimum atomic E-state index is -1.32. The van der Waals surface area contributed by atoms with Gasteiger partial charge >= 0.3 is 5.91 Å². The maximum Gasteiger partial charge on any atom is 0.349 e. The highest BCUT2D eigenvalue weighted by atomic mass is 16.6. The van der Waals surface area contributed by atoms with Gasteiger partial charge in [-0.3, -0.25) is 24.3 Å². The van der Waals surface area contributed by atoms with E-state index < -0.39 is 28.4 Å². The molecule has 2 saturated heterocycles. The Kier molecular flexibility index (Phi) is 9.50. The number of piperazine rings is 1. The smallest absolute Gasteiger partial charge is 0.349 e. The number of imide groups is 1. The molecule has 4 amide bonds. The molecule has 14 heteroatoms. The van der Waals surface area contributed by atoms with E-state index in [9.17, 15) is 24.4 Å². The lowest BCUT2D eigenvalue weighted by Crippen LogP contribution is -2.60.